The molecule has 1 unspecified atom stereocenters. The molecule has 14 heavy (non-hydrogen) atoms. The Morgan fingerprint density at radius 2 is 2.43 bits per heavy atom. The summed E-state index contributed by atoms with van der Waals surface area (Å²) in [6, 6.07) is 5.83. The normalized spacial score (nSPS) is 12.9. The molecule has 74 valence electrons. The molecule has 0 aliphatic rings. The highest BCUT2D eigenvalue weighted by molar-refractivity contribution is 5.03. The first-order chi connectivity index (χ1) is 6.86. The van der Waals surface area contributed by atoms with Crippen LogP contribution in [-0.4, -0.2) is 5.16 Å². The second-order valence-electron chi connectivity index (χ2n) is 3.10. The Morgan fingerprint density at radius 3 is 3.07 bits per heavy atom. The van der Waals surface area contributed by atoms with E-state index < -0.39 is 0 Å². The smallest absolute Gasteiger partial charge is 0.150 e. The summed E-state index contributed by atoms with van der Waals surface area (Å²) in [6.07, 6.45) is 3.30. The number of furan rings is 1. The Bertz CT molecular complexity index is 353. The zero-order valence-corrected chi connectivity index (χ0v) is 7.93. The highest BCUT2D eigenvalue weighted by Crippen LogP contribution is 2.12. The molecule has 0 saturated heterocycles. The van der Waals surface area contributed by atoms with E-state index in [9.17, 15) is 0 Å². The van der Waals surface area contributed by atoms with E-state index in [0.29, 0.717) is 6.54 Å². The molecule has 1 atom stereocenters. The SMILES string of the molecule is CC(NCc1ccno1)c1ccco1. The Labute approximate surface area is 81.9 Å². The first-order valence-corrected chi connectivity index (χ1v) is 4.52. The summed E-state index contributed by atoms with van der Waals surface area (Å²) in [4.78, 5) is 0. The molecular formula is C10H12N2O2. The van der Waals surface area contributed by atoms with Gasteiger partial charge in [0.05, 0.1) is 25.0 Å². The molecule has 0 bridgehead atoms. The van der Waals surface area contributed by atoms with Crippen LogP contribution in [0.3, 0.4) is 0 Å². The van der Waals surface area contributed by atoms with Crippen molar-refractivity contribution in [3.63, 3.8) is 0 Å². The van der Waals surface area contributed by atoms with Gasteiger partial charge in [0.1, 0.15) is 11.5 Å². The molecule has 1 N–H and O–H groups in total. The van der Waals surface area contributed by atoms with Gasteiger partial charge in [-0.25, -0.2) is 0 Å². The Morgan fingerprint density at radius 1 is 1.50 bits per heavy atom. The van der Waals surface area contributed by atoms with Crippen molar-refractivity contribution < 1.29 is 8.94 Å². The quantitative estimate of drug-likeness (QED) is 0.806. The Kier molecular flexibility index (Phi) is 2.65. The van der Waals surface area contributed by atoms with Crippen molar-refractivity contribution in [2.75, 3.05) is 0 Å². The summed E-state index contributed by atoms with van der Waals surface area (Å²) in [6.45, 7) is 2.69. The van der Waals surface area contributed by atoms with Gasteiger partial charge in [-0.2, -0.15) is 0 Å². The van der Waals surface area contributed by atoms with Crippen LogP contribution >= 0.6 is 0 Å². The van der Waals surface area contributed by atoms with Crippen molar-refractivity contribution in [1.82, 2.24) is 10.5 Å². The fraction of sp³-hybridized carbons (Fsp3) is 0.300. The number of rotatable bonds is 4. The van der Waals surface area contributed by atoms with E-state index in [2.05, 4.69) is 10.5 Å². The van der Waals surface area contributed by atoms with Crippen LogP contribution in [0.15, 0.2) is 39.6 Å². The number of hydrogen-bond acceptors (Lipinski definition) is 4. The Balaban J connectivity index is 1.87. The Hall–Kier alpha value is -1.55. The standard InChI is InChI=1S/C10H12N2O2/c1-8(10-3-2-6-13-10)11-7-9-4-5-12-14-9/h2-6,8,11H,7H2,1H3. The first-order valence-electron chi connectivity index (χ1n) is 4.52. The van der Waals surface area contributed by atoms with E-state index in [1.807, 2.05) is 25.1 Å². The van der Waals surface area contributed by atoms with Crippen molar-refractivity contribution in [3.8, 4) is 0 Å². The molecule has 2 aromatic rings. The lowest BCUT2D eigenvalue weighted by Gasteiger charge is -2.08. The molecule has 2 rings (SSSR count). The third-order valence-electron chi connectivity index (χ3n) is 2.04. The van der Waals surface area contributed by atoms with E-state index in [-0.39, 0.29) is 6.04 Å². The van der Waals surface area contributed by atoms with E-state index in [1.54, 1.807) is 12.5 Å². The number of nitrogens with zero attached hydrogens (tertiary/aromatic N) is 1. The van der Waals surface area contributed by atoms with Crippen molar-refractivity contribution in [1.29, 1.82) is 0 Å². The summed E-state index contributed by atoms with van der Waals surface area (Å²) < 4.78 is 10.2. The number of nitrogens with one attached hydrogen (secondary N) is 1. The monoisotopic (exact) mass is 192 g/mol. The maximum absolute atomic E-state index is 5.26. The molecule has 2 aromatic heterocycles. The molecular weight excluding hydrogens is 180 g/mol. The van der Waals surface area contributed by atoms with Gasteiger partial charge in [-0.05, 0) is 19.1 Å². The topological polar surface area (TPSA) is 51.2 Å². The lowest BCUT2D eigenvalue weighted by Crippen LogP contribution is -2.17. The van der Waals surface area contributed by atoms with Crippen LogP contribution in [-0.2, 0) is 6.54 Å². The van der Waals surface area contributed by atoms with Crippen molar-refractivity contribution >= 4 is 0 Å². The lowest BCUT2D eigenvalue weighted by molar-refractivity contribution is 0.355. The van der Waals surface area contributed by atoms with Crippen LogP contribution in [0.5, 0.6) is 0 Å². The molecule has 0 saturated carbocycles. The number of aromatic nitrogens is 1. The van der Waals surface area contributed by atoms with Crippen molar-refractivity contribution in [2.24, 2.45) is 0 Å². The summed E-state index contributed by atoms with van der Waals surface area (Å²) in [5.74, 6) is 1.74. The van der Waals surface area contributed by atoms with Gasteiger partial charge in [-0.1, -0.05) is 5.16 Å². The molecule has 0 spiro atoms. The van der Waals surface area contributed by atoms with Gasteiger partial charge in [0.25, 0.3) is 0 Å². The molecule has 0 radical (unpaired) electrons. The number of hydrogen-bond donors (Lipinski definition) is 1. The zero-order chi connectivity index (χ0) is 9.80. The summed E-state index contributed by atoms with van der Waals surface area (Å²) in [5.41, 5.74) is 0. The third-order valence-corrected chi connectivity index (χ3v) is 2.04. The third kappa shape index (κ3) is 2.03. The maximum Gasteiger partial charge on any atom is 0.150 e. The summed E-state index contributed by atoms with van der Waals surface area (Å²) in [7, 11) is 0. The molecule has 4 heteroatoms. The molecule has 0 aliphatic heterocycles. The van der Waals surface area contributed by atoms with E-state index in [4.69, 9.17) is 8.94 Å². The highest BCUT2D eigenvalue weighted by atomic mass is 16.5. The highest BCUT2D eigenvalue weighted by Gasteiger charge is 2.07. The van der Waals surface area contributed by atoms with E-state index in [0.717, 1.165) is 11.5 Å². The summed E-state index contributed by atoms with van der Waals surface area (Å²) >= 11 is 0. The lowest BCUT2D eigenvalue weighted by atomic mass is 10.2. The van der Waals surface area contributed by atoms with Crippen LogP contribution in [0, 0.1) is 0 Å². The van der Waals surface area contributed by atoms with Gasteiger partial charge in [-0.3, -0.25) is 0 Å². The van der Waals surface area contributed by atoms with E-state index in [1.165, 1.54) is 0 Å². The van der Waals surface area contributed by atoms with Crippen molar-refractivity contribution in [3.05, 3.63) is 42.2 Å². The minimum absolute atomic E-state index is 0.176. The second-order valence-corrected chi connectivity index (χ2v) is 3.10. The summed E-state index contributed by atoms with van der Waals surface area (Å²) in [5, 5.41) is 6.88. The van der Waals surface area contributed by atoms with Gasteiger partial charge in [-0.15, -0.1) is 0 Å². The van der Waals surface area contributed by atoms with Crippen LogP contribution in [0.25, 0.3) is 0 Å². The molecule has 0 aliphatic carbocycles. The minimum atomic E-state index is 0.176. The van der Waals surface area contributed by atoms with Gasteiger partial charge >= 0.3 is 0 Å². The molecule has 0 amide bonds. The maximum atomic E-state index is 5.26. The second kappa shape index (κ2) is 4.11. The van der Waals surface area contributed by atoms with Crippen molar-refractivity contribution in [2.45, 2.75) is 19.5 Å². The molecule has 2 heterocycles. The molecule has 0 aromatic carbocycles. The minimum Gasteiger partial charge on any atom is -0.468 e. The average molecular weight is 192 g/mol. The van der Waals surface area contributed by atoms with Gasteiger partial charge < -0.3 is 14.3 Å². The van der Waals surface area contributed by atoms with Gasteiger partial charge in [0.2, 0.25) is 0 Å². The fourth-order valence-corrected chi connectivity index (χ4v) is 1.23. The van der Waals surface area contributed by atoms with Crippen LogP contribution in [0.1, 0.15) is 24.5 Å². The fourth-order valence-electron chi connectivity index (χ4n) is 1.23. The van der Waals surface area contributed by atoms with Crippen LogP contribution < -0.4 is 5.32 Å². The zero-order valence-electron chi connectivity index (χ0n) is 7.93. The largest absolute Gasteiger partial charge is 0.468 e. The van der Waals surface area contributed by atoms with Gasteiger partial charge in [0.15, 0.2) is 0 Å². The van der Waals surface area contributed by atoms with Gasteiger partial charge in [0, 0.05) is 6.07 Å². The average Bonchev–Trinajstić information content (AvgIpc) is 2.87. The van der Waals surface area contributed by atoms with E-state index >= 15 is 0 Å². The van der Waals surface area contributed by atoms with Crippen LogP contribution in [0.4, 0.5) is 0 Å². The molecule has 4 nitrogen and oxygen atoms in total. The first kappa shape index (κ1) is 9.02. The van der Waals surface area contributed by atoms with Crippen LogP contribution in [0.2, 0.25) is 0 Å². The predicted molar refractivity (Wildman–Crippen MR) is 50.5 cm³/mol. The molecule has 0 fully saturated rings. The predicted octanol–water partition coefficient (Wildman–Crippen LogP) is 2.12.